The van der Waals surface area contributed by atoms with Gasteiger partial charge in [-0.3, -0.25) is 0 Å². The van der Waals surface area contributed by atoms with Crippen LogP contribution in [0.5, 0.6) is 0 Å². The summed E-state index contributed by atoms with van der Waals surface area (Å²) in [5, 5.41) is 9.61. The first kappa shape index (κ1) is 8.31. The summed E-state index contributed by atoms with van der Waals surface area (Å²) in [4.78, 5) is 0. The fourth-order valence-corrected chi connectivity index (χ4v) is 1.42. The van der Waals surface area contributed by atoms with Gasteiger partial charge in [0.25, 0.3) is 0 Å². The SMILES string of the molecule is OC1(C#CI)CCOCC1. The minimum atomic E-state index is -0.764. The zero-order valence-corrected chi connectivity index (χ0v) is 7.72. The van der Waals surface area contributed by atoms with Crippen molar-refractivity contribution in [2.45, 2.75) is 18.4 Å². The van der Waals surface area contributed by atoms with Crippen molar-refractivity contribution >= 4 is 22.6 Å². The van der Waals surface area contributed by atoms with Gasteiger partial charge in [-0.25, -0.2) is 0 Å². The van der Waals surface area contributed by atoms with Gasteiger partial charge in [0, 0.05) is 35.4 Å². The Labute approximate surface area is 74.1 Å². The summed E-state index contributed by atoms with van der Waals surface area (Å²) in [5.74, 6) is 2.77. The standard InChI is InChI=1S/C7H9IO2/c8-4-1-7(9)2-5-10-6-3-7/h9H,2-3,5-6H2. The van der Waals surface area contributed by atoms with Gasteiger partial charge >= 0.3 is 0 Å². The van der Waals surface area contributed by atoms with Crippen molar-refractivity contribution < 1.29 is 9.84 Å². The molecule has 0 aromatic heterocycles. The summed E-state index contributed by atoms with van der Waals surface area (Å²) in [7, 11) is 0. The van der Waals surface area contributed by atoms with Crippen molar-refractivity contribution in [1.82, 2.24) is 0 Å². The van der Waals surface area contributed by atoms with Gasteiger partial charge in [0.05, 0.1) is 13.2 Å². The molecule has 1 aliphatic heterocycles. The van der Waals surface area contributed by atoms with E-state index in [2.05, 4.69) is 9.85 Å². The van der Waals surface area contributed by atoms with E-state index in [1.54, 1.807) is 0 Å². The smallest absolute Gasteiger partial charge is 0.130 e. The Hall–Kier alpha value is 0.210. The van der Waals surface area contributed by atoms with Crippen molar-refractivity contribution in [1.29, 1.82) is 0 Å². The predicted octanol–water partition coefficient (Wildman–Crippen LogP) is 0.924. The normalized spacial score (nSPS) is 23.0. The van der Waals surface area contributed by atoms with Crippen LogP contribution in [-0.4, -0.2) is 23.9 Å². The summed E-state index contributed by atoms with van der Waals surface area (Å²) in [6.07, 6.45) is 1.28. The Morgan fingerprint density at radius 1 is 1.40 bits per heavy atom. The monoisotopic (exact) mass is 252 g/mol. The van der Waals surface area contributed by atoms with E-state index in [1.165, 1.54) is 0 Å². The zero-order chi connectivity index (χ0) is 7.45. The summed E-state index contributed by atoms with van der Waals surface area (Å²) >= 11 is 1.94. The maximum atomic E-state index is 9.61. The summed E-state index contributed by atoms with van der Waals surface area (Å²) in [6.45, 7) is 1.25. The molecule has 1 heterocycles. The average Bonchev–Trinajstić information content (AvgIpc) is 1.89. The number of halogens is 1. The Morgan fingerprint density at radius 3 is 2.50 bits per heavy atom. The number of hydrogen-bond acceptors (Lipinski definition) is 2. The second-order valence-electron chi connectivity index (χ2n) is 2.36. The van der Waals surface area contributed by atoms with Crippen LogP contribution in [0.3, 0.4) is 0 Å². The van der Waals surface area contributed by atoms with Crippen LogP contribution >= 0.6 is 22.6 Å². The fraction of sp³-hybridized carbons (Fsp3) is 0.714. The molecule has 0 unspecified atom stereocenters. The maximum Gasteiger partial charge on any atom is 0.130 e. The minimum Gasteiger partial charge on any atom is -0.381 e. The molecule has 1 aliphatic rings. The lowest BCUT2D eigenvalue weighted by atomic mass is 9.96. The number of hydrogen-bond donors (Lipinski definition) is 1. The minimum absolute atomic E-state index is 0.627. The first-order valence-corrected chi connectivity index (χ1v) is 4.28. The Bertz CT molecular complexity index is 162. The molecule has 1 N–H and O–H groups in total. The highest BCUT2D eigenvalue weighted by atomic mass is 127. The molecule has 0 radical (unpaired) electrons. The third kappa shape index (κ3) is 2.11. The third-order valence-electron chi connectivity index (χ3n) is 1.60. The maximum absolute atomic E-state index is 9.61. The van der Waals surface area contributed by atoms with E-state index in [9.17, 15) is 5.11 Å². The highest BCUT2D eigenvalue weighted by Crippen LogP contribution is 2.18. The lowest BCUT2D eigenvalue weighted by Crippen LogP contribution is -2.34. The molecule has 0 amide bonds. The molecule has 1 rings (SSSR count). The molecule has 0 aliphatic carbocycles. The Balaban J connectivity index is 2.53. The Kier molecular flexibility index (Phi) is 2.96. The Morgan fingerprint density at radius 2 is 2.00 bits per heavy atom. The number of ether oxygens (including phenoxy) is 1. The van der Waals surface area contributed by atoms with Gasteiger partial charge in [-0.2, -0.15) is 0 Å². The largest absolute Gasteiger partial charge is 0.381 e. The van der Waals surface area contributed by atoms with E-state index in [0.29, 0.717) is 26.1 Å². The van der Waals surface area contributed by atoms with Gasteiger partial charge < -0.3 is 9.84 Å². The van der Waals surface area contributed by atoms with Gasteiger partial charge in [0.15, 0.2) is 0 Å². The van der Waals surface area contributed by atoms with E-state index >= 15 is 0 Å². The van der Waals surface area contributed by atoms with E-state index in [1.807, 2.05) is 22.6 Å². The van der Waals surface area contributed by atoms with E-state index in [0.717, 1.165) is 0 Å². The lowest BCUT2D eigenvalue weighted by Gasteiger charge is -2.26. The topological polar surface area (TPSA) is 29.5 Å². The van der Waals surface area contributed by atoms with Crippen LogP contribution in [0.25, 0.3) is 0 Å². The molecule has 0 saturated carbocycles. The van der Waals surface area contributed by atoms with Crippen LogP contribution in [0.4, 0.5) is 0 Å². The van der Waals surface area contributed by atoms with Crippen molar-refractivity contribution in [3.05, 3.63) is 0 Å². The first-order chi connectivity index (χ1) is 4.77. The van der Waals surface area contributed by atoms with Gasteiger partial charge in [0.1, 0.15) is 5.60 Å². The molecular weight excluding hydrogens is 243 g/mol. The van der Waals surface area contributed by atoms with Gasteiger partial charge in [-0.1, -0.05) is 5.92 Å². The second kappa shape index (κ2) is 3.56. The van der Waals surface area contributed by atoms with E-state index < -0.39 is 5.60 Å². The summed E-state index contributed by atoms with van der Waals surface area (Å²) < 4.78 is 7.77. The average molecular weight is 252 g/mol. The van der Waals surface area contributed by atoms with Crippen molar-refractivity contribution in [3.63, 3.8) is 0 Å². The number of aliphatic hydroxyl groups is 1. The fourth-order valence-electron chi connectivity index (χ4n) is 0.922. The summed E-state index contributed by atoms with van der Waals surface area (Å²) in [5.41, 5.74) is -0.764. The molecule has 10 heavy (non-hydrogen) atoms. The van der Waals surface area contributed by atoms with Crippen molar-refractivity contribution in [3.8, 4) is 9.85 Å². The summed E-state index contributed by atoms with van der Waals surface area (Å²) in [6, 6.07) is 0. The van der Waals surface area contributed by atoms with E-state index in [-0.39, 0.29) is 0 Å². The second-order valence-corrected chi connectivity index (χ2v) is 2.90. The molecule has 1 fully saturated rings. The van der Waals surface area contributed by atoms with Crippen molar-refractivity contribution in [2.24, 2.45) is 0 Å². The van der Waals surface area contributed by atoms with Gasteiger partial charge in [0.2, 0.25) is 0 Å². The number of rotatable bonds is 0. The van der Waals surface area contributed by atoms with Gasteiger partial charge in [-0.05, 0) is 3.93 Å². The molecule has 56 valence electrons. The zero-order valence-electron chi connectivity index (χ0n) is 5.56. The highest BCUT2D eigenvalue weighted by Gasteiger charge is 2.26. The molecule has 0 bridgehead atoms. The van der Waals surface area contributed by atoms with Gasteiger partial charge in [-0.15, -0.1) is 0 Å². The molecule has 0 atom stereocenters. The molecule has 3 heteroatoms. The van der Waals surface area contributed by atoms with E-state index in [4.69, 9.17) is 4.74 Å². The quantitative estimate of drug-likeness (QED) is 0.513. The van der Waals surface area contributed by atoms with Crippen LogP contribution < -0.4 is 0 Å². The van der Waals surface area contributed by atoms with Crippen LogP contribution in [0.15, 0.2) is 0 Å². The molecular formula is C7H9IO2. The molecule has 1 saturated heterocycles. The third-order valence-corrected chi connectivity index (χ3v) is 1.87. The van der Waals surface area contributed by atoms with Crippen LogP contribution in [0.2, 0.25) is 0 Å². The molecule has 0 aromatic carbocycles. The molecule has 2 nitrogen and oxygen atoms in total. The lowest BCUT2D eigenvalue weighted by molar-refractivity contribution is -0.0261. The molecule has 0 aromatic rings. The van der Waals surface area contributed by atoms with Crippen LogP contribution in [0, 0.1) is 9.85 Å². The van der Waals surface area contributed by atoms with Crippen LogP contribution in [-0.2, 0) is 4.74 Å². The first-order valence-electron chi connectivity index (χ1n) is 3.20. The predicted molar refractivity (Wildman–Crippen MR) is 46.8 cm³/mol. The highest BCUT2D eigenvalue weighted by molar-refractivity contribution is 14.1. The van der Waals surface area contributed by atoms with Crippen molar-refractivity contribution in [2.75, 3.05) is 13.2 Å². The molecule has 0 spiro atoms. The van der Waals surface area contributed by atoms with Crippen LogP contribution in [0.1, 0.15) is 12.8 Å².